The van der Waals surface area contributed by atoms with Crippen LogP contribution in [0.15, 0.2) is 0 Å². The van der Waals surface area contributed by atoms with Crippen LogP contribution in [-0.2, 0) is 9.53 Å². The van der Waals surface area contributed by atoms with Gasteiger partial charge < -0.3 is 15.2 Å². The van der Waals surface area contributed by atoms with Gasteiger partial charge in [-0.15, -0.1) is 0 Å². The van der Waals surface area contributed by atoms with Crippen LogP contribution in [0.1, 0.15) is 13.3 Å². The van der Waals surface area contributed by atoms with Gasteiger partial charge in [0.25, 0.3) is 0 Å². The van der Waals surface area contributed by atoms with Crippen molar-refractivity contribution in [1.82, 2.24) is 5.32 Å². The van der Waals surface area contributed by atoms with Crippen LogP contribution in [0, 0.1) is 0 Å². The molecular formula is C6H10INO4. The van der Waals surface area contributed by atoms with Crippen LogP contribution in [0.4, 0.5) is 4.79 Å². The third kappa shape index (κ3) is 7.58. The third-order valence-electron chi connectivity index (χ3n) is 0.974. The van der Waals surface area contributed by atoms with Crippen molar-refractivity contribution in [1.29, 1.82) is 0 Å². The van der Waals surface area contributed by atoms with Gasteiger partial charge in [-0.25, -0.2) is 4.79 Å². The maximum absolute atomic E-state index is 10.4. The molecule has 0 radical (unpaired) electrons. The molecule has 0 heterocycles. The quantitative estimate of drug-likeness (QED) is 0.459. The van der Waals surface area contributed by atoms with Crippen LogP contribution in [0.5, 0.6) is 0 Å². The van der Waals surface area contributed by atoms with Crippen molar-refractivity contribution in [3.63, 3.8) is 0 Å². The van der Waals surface area contributed by atoms with Gasteiger partial charge in [0.05, 0.1) is 0 Å². The Labute approximate surface area is 83.6 Å². The monoisotopic (exact) mass is 287 g/mol. The van der Waals surface area contributed by atoms with E-state index in [0.29, 0.717) is 13.0 Å². The molecule has 0 saturated heterocycles. The van der Waals surface area contributed by atoms with E-state index < -0.39 is 10.3 Å². The first-order valence-electron chi connectivity index (χ1n) is 3.30. The topological polar surface area (TPSA) is 75.6 Å². The summed E-state index contributed by atoms with van der Waals surface area (Å²) in [6.45, 7) is 1.83. The predicted molar refractivity (Wildman–Crippen MR) is 50.2 cm³/mol. The van der Waals surface area contributed by atoms with Crippen molar-refractivity contribution in [2.75, 3.05) is 6.54 Å². The molecule has 1 amide bonds. The SMILES string of the molecule is CC(=O)NCCC(I)OC(=O)O. The molecule has 0 rings (SSSR count). The largest absolute Gasteiger partial charge is 0.506 e. The lowest BCUT2D eigenvalue weighted by molar-refractivity contribution is -0.118. The molecule has 6 heteroatoms. The highest BCUT2D eigenvalue weighted by atomic mass is 127. The molecule has 0 aromatic rings. The van der Waals surface area contributed by atoms with Crippen LogP contribution >= 0.6 is 22.6 Å². The molecular weight excluding hydrogens is 277 g/mol. The van der Waals surface area contributed by atoms with Crippen LogP contribution in [0.3, 0.4) is 0 Å². The first-order valence-corrected chi connectivity index (χ1v) is 4.55. The van der Waals surface area contributed by atoms with Gasteiger partial charge in [-0.1, -0.05) is 0 Å². The maximum Gasteiger partial charge on any atom is 0.506 e. The molecule has 0 saturated carbocycles. The summed E-state index contributed by atoms with van der Waals surface area (Å²) < 4.78 is 3.97. The Morgan fingerprint density at radius 3 is 2.67 bits per heavy atom. The van der Waals surface area contributed by atoms with E-state index >= 15 is 0 Å². The maximum atomic E-state index is 10.4. The van der Waals surface area contributed by atoms with Gasteiger partial charge in [0, 0.05) is 19.9 Å². The Balaban J connectivity index is 3.37. The Kier molecular flexibility index (Phi) is 5.77. The van der Waals surface area contributed by atoms with Gasteiger partial charge in [-0.2, -0.15) is 0 Å². The molecule has 0 bridgehead atoms. The summed E-state index contributed by atoms with van der Waals surface area (Å²) in [6.07, 6.45) is -0.816. The lowest BCUT2D eigenvalue weighted by Crippen LogP contribution is -2.24. The highest BCUT2D eigenvalue weighted by Gasteiger charge is 2.08. The van der Waals surface area contributed by atoms with E-state index in [9.17, 15) is 9.59 Å². The number of halogens is 1. The molecule has 0 aromatic heterocycles. The van der Waals surface area contributed by atoms with E-state index in [1.165, 1.54) is 6.92 Å². The molecule has 0 fully saturated rings. The van der Waals surface area contributed by atoms with Gasteiger partial charge >= 0.3 is 6.16 Å². The average Bonchev–Trinajstić information content (AvgIpc) is 1.84. The summed E-state index contributed by atoms with van der Waals surface area (Å²) in [5.41, 5.74) is 0. The second-order valence-corrected chi connectivity index (χ2v) is 3.45. The normalized spacial score (nSPS) is 11.8. The minimum Gasteiger partial charge on any atom is -0.450 e. The smallest absolute Gasteiger partial charge is 0.450 e. The third-order valence-corrected chi connectivity index (χ3v) is 1.85. The zero-order chi connectivity index (χ0) is 9.56. The molecule has 5 nitrogen and oxygen atoms in total. The number of hydrogen-bond acceptors (Lipinski definition) is 3. The molecule has 70 valence electrons. The summed E-state index contributed by atoms with van der Waals surface area (Å²) in [7, 11) is 0. The number of amides is 1. The minimum absolute atomic E-state index is 0.131. The average molecular weight is 287 g/mol. The Morgan fingerprint density at radius 2 is 2.25 bits per heavy atom. The van der Waals surface area contributed by atoms with Gasteiger partial charge in [0.15, 0.2) is 4.11 Å². The fourth-order valence-corrected chi connectivity index (χ4v) is 1.06. The van der Waals surface area contributed by atoms with Crippen molar-refractivity contribution in [2.24, 2.45) is 0 Å². The van der Waals surface area contributed by atoms with E-state index in [4.69, 9.17) is 5.11 Å². The van der Waals surface area contributed by atoms with Crippen LogP contribution in [0.2, 0.25) is 0 Å². The number of carbonyl (C=O) groups is 2. The molecule has 0 aliphatic rings. The van der Waals surface area contributed by atoms with Gasteiger partial charge in [0.1, 0.15) is 0 Å². The van der Waals surface area contributed by atoms with Crippen molar-refractivity contribution in [3.8, 4) is 0 Å². The molecule has 0 spiro atoms. The minimum atomic E-state index is -1.29. The van der Waals surface area contributed by atoms with E-state index in [-0.39, 0.29) is 5.91 Å². The number of nitrogens with one attached hydrogen (secondary N) is 1. The summed E-state index contributed by atoms with van der Waals surface area (Å²) in [5.74, 6) is -0.131. The molecule has 1 atom stereocenters. The summed E-state index contributed by atoms with van der Waals surface area (Å²) in [6, 6.07) is 0. The van der Waals surface area contributed by atoms with Crippen molar-refractivity contribution in [2.45, 2.75) is 17.5 Å². The predicted octanol–water partition coefficient (Wildman–Crippen LogP) is 0.968. The van der Waals surface area contributed by atoms with Crippen LogP contribution < -0.4 is 5.32 Å². The molecule has 0 aliphatic heterocycles. The molecule has 12 heavy (non-hydrogen) atoms. The number of alkyl halides is 1. The number of rotatable bonds is 4. The second-order valence-electron chi connectivity index (χ2n) is 2.07. The number of ether oxygens (including phenoxy) is 1. The Bertz CT molecular complexity index is 173. The van der Waals surface area contributed by atoms with E-state index in [1.54, 1.807) is 0 Å². The molecule has 0 aromatic carbocycles. The van der Waals surface area contributed by atoms with Crippen LogP contribution in [0.25, 0.3) is 0 Å². The highest BCUT2D eigenvalue weighted by Crippen LogP contribution is 2.06. The van der Waals surface area contributed by atoms with Gasteiger partial charge in [0.2, 0.25) is 5.91 Å². The zero-order valence-corrected chi connectivity index (χ0v) is 8.70. The number of carboxylic acid groups (broad SMARTS) is 1. The Morgan fingerprint density at radius 1 is 1.67 bits per heavy atom. The second kappa shape index (κ2) is 6.04. The van der Waals surface area contributed by atoms with Crippen LogP contribution in [-0.4, -0.2) is 27.8 Å². The molecule has 0 aliphatic carbocycles. The highest BCUT2D eigenvalue weighted by molar-refractivity contribution is 14.1. The Hall–Kier alpha value is -0.530. The summed E-state index contributed by atoms with van der Waals surface area (Å²) in [5, 5.41) is 10.7. The van der Waals surface area contributed by atoms with Crippen molar-refractivity contribution < 1.29 is 19.4 Å². The van der Waals surface area contributed by atoms with Crippen molar-refractivity contribution >= 4 is 34.7 Å². The lowest BCUT2D eigenvalue weighted by Gasteiger charge is -2.08. The first kappa shape index (κ1) is 11.5. The van der Waals surface area contributed by atoms with Gasteiger partial charge in [-0.05, 0) is 22.6 Å². The molecule has 2 N–H and O–H groups in total. The van der Waals surface area contributed by atoms with Crippen molar-refractivity contribution in [3.05, 3.63) is 0 Å². The molecule has 1 unspecified atom stereocenters. The summed E-state index contributed by atoms with van der Waals surface area (Å²) in [4.78, 5) is 20.4. The van der Waals surface area contributed by atoms with E-state index in [2.05, 4.69) is 10.1 Å². The van der Waals surface area contributed by atoms with E-state index in [0.717, 1.165) is 0 Å². The fraction of sp³-hybridized carbons (Fsp3) is 0.667. The summed E-state index contributed by atoms with van der Waals surface area (Å²) >= 11 is 1.85. The first-order chi connectivity index (χ1) is 5.52. The number of carbonyl (C=O) groups excluding carboxylic acids is 1. The fourth-order valence-electron chi connectivity index (χ4n) is 0.530. The number of hydrogen-bond donors (Lipinski definition) is 2. The van der Waals surface area contributed by atoms with Gasteiger partial charge in [-0.3, -0.25) is 4.79 Å². The lowest BCUT2D eigenvalue weighted by atomic mass is 10.4. The zero-order valence-electron chi connectivity index (χ0n) is 6.54. The standard InChI is InChI=1S/C6H10INO4/c1-4(9)8-3-2-5(7)12-6(10)11/h5H,2-3H2,1H3,(H,8,9)(H,10,11). The van der Waals surface area contributed by atoms with E-state index in [1.807, 2.05) is 22.6 Å².